The highest BCUT2D eigenvalue weighted by molar-refractivity contribution is 6.01. The zero-order valence-electron chi connectivity index (χ0n) is 8.73. The molecule has 2 N–H and O–H groups in total. The number of nitrogens with one attached hydrogen (secondary N) is 1. The number of rotatable bonds is 2. The van der Waals surface area contributed by atoms with Crippen LogP contribution in [-0.2, 0) is 0 Å². The summed E-state index contributed by atoms with van der Waals surface area (Å²) in [5.41, 5.74) is 1.63. The molecule has 0 atom stereocenters. The lowest BCUT2D eigenvalue weighted by molar-refractivity contribution is 0.438. The van der Waals surface area contributed by atoms with Gasteiger partial charge in [0.25, 0.3) is 0 Å². The Bertz CT molecular complexity index is 500. The molecule has 1 aromatic heterocycles. The van der Waals surface area contributed by atoms with Crippen molar-refractivity contribution in [3.05, 3.63) is 29.8 Å². The third-order valence-electron chi connectivity index (χ3n) is 2.14. The molecule has 0 unspecified atom stereocenters. The molecule has 0 saturated heterocycles. The third-order valence-corrected chi connectivity index (χ3v) is 2.14. The van der Waals surface area contributed by atoms with Crippen molar-refractivity contribution in [3.63, 3.8) is 0 Å². The van der Waals surface area contributed by atoms with E-state index < -0.39 is 0 Å². The molecule has 0 amide bonds. The van der Waals surface area contributed by atoms with Gasteiger partial charge in [0.2, 0.25) is 0 Å². The van der Waals surface area contributed by atoms with Gasteiger partial charge in [0.15, 0.2) is 5.88 Å². The van der Waals surface area contributed by atoms with E-state index in [1.54, 1.807) is 11.2 Å². The Kier molecular flexibility index (Phi) is 2.33. The molecule has 4 heteroatoms. The maximum atomic E-state index is 9.68. The monoisotopic (exact) mass is 203 g/mol. The predicted octanol–water partition coefficient (Wildman–Crippen LogP) is 1.77. The Morgan fingerprint density at radius 1 is 1.33 bits per heavy atom. The number of fused-ring (bicyclic) bond motifs is 1. The summed E-state index contributed by atoms with van der Waals surface area (Å²) in [5, 5.41) is 16.4. The van der Waals surface area contributed by atoms with Crippen molar-refractivity contribution in [1.82, 2.24) is 9.99 Å². The van der Waals surface area contributed by atoms with E-state index in [4.69, 9.17) is 0 Å². The lowest BCUT2D eigenvalue weighted by atomic mass is 10.2. The molecular weight excluding hydrogens is 190 g/mol. The summed E-state index contributed by atoms with van der Waals surface area (Å²) in [4.78, 5) is 2.90. The molecule has 78 valence electrons. The first-order valence-electron chi connectivity index (χ1n) is 4.69. The molecule has 0 fully saturated rings. The summed E-state index contributed by atoms with van der Waals surface area (Å²) in [6.07, 6.45) is 1.65. The number of hydrogen-bond acceptors (Lipinski definition) is 3. The van der Waals surface area contributed by atoms with Crippen molar-refractivity contribution in [2.45, 2.75) is 0 Å². The molecular formula is C11H13N3O. The lowest BCUT2D eigenvalue weighted by Crippen LogP contribution is -2.01. The van der Waals surface area contributed by atoms with Crippen LogP contribution in [-0.4, -0.2) is 35.4 Å². The number of aromatic hydroxyl groups is 1. The van der Waals surface area contributed by atoms with Crippen LogP contribution in [0.25, 0.3) is 10.9 Å². The Hall–Kier alpha value is -1.97. The van der Waals surface area contributed by atoms with Gasteiger partial charge in [-0.3, -0.25) is 0 Å². The summed E-state index contributed by atoms with van der Waals surface area (Å²) < 4.78 is 0. The van der Waals surface area contributed by atoms with Crippen molar-refractivity contribution < 1.29 is 5.11 Å². The minimum absolute atomic E-state index is 0.154. The molecule has 4 nitrogen and oxygen atoms in total. The fraction of sp³-hybridized carbons (Fsp3) is 0.182. The van der Waals surface area contributed by atoms with Gasteiger partial charge >= 0.3 is 0 Å². The first-order valence-corrected chi connectivity index (χ1v) is 4.69. The molecule has 0 radical (unpaired) electrons. The van der Waals surface area contributed by atoms with E-state index in [0.29, 0.717) is 0 Å². The van der Waals surface area contributed by atoms with Gasteiger partial charge in [0.1, 0.15) is 0 Å². The molecule has 0 aliphatic rings. The zero-order valence-corrected chi connectivity index (χ0v) is 8.73. The van der Waals surface area contributed by atoms with Crippen molar-refractivity contribution in [2.24, 2.45) is 5.10 Å². The molecule has 2 rings (SSSR count). The lowest BCUT2D eigenvalue weighted by Gasteiger charge is -2.01. The molecule has 0 aliphatic heterocycles. The van der Waals surface area contributed by atoms with Gasteiger partial charge in [-0.25, -0.2) is 0 Å². The van der Waals surface area contributed by atoms with Gasteiger partial charge in [0, 0.05) is 25.0 Å². The van der Waals surface area contributed by atoms with E-state index in [1.807, 2.05) is 38.4 Å². The van der Waals surface area contributed by atoms with E-state index in [9.17, 15) is 5.11 Å². The second-order valence-corrected chi connectivity index (χ2v) is 3.52. The summed E-state index contributed by atoms with van der Waals surface area (Å²) >= 11 is 0. The van der Waals surface area contributed by atoms with E-state index >= 15 is 0 Å². The number of para-hydroxylation sites is 1. The topological polar surface area (TPSA) is 51.6 Å². The maximum absolute atomic E-state index is 9.68. The average Bonchev–Trinajstić information content (AvgIpc) is 2.50. The minimum atomic E-state index is 0.154. The Morgan fingerprint density at radius 2 is 2.07 bits per heavy atom. The third kappa shape index (κ3) is 1.79. The standard InChI is InChI=1S/C11H13N3O/c1-14(2)12-7-9-8-5-3-4-6-10(8)13-11(9)15/h3-7,13,15H,1-2H3/b12-7+. The summed E-state index contributed by atoms with van der Waals surface area (Å²) in [6, 6.07) is 7.72. The quantitative estimate of drug-likeness (QED) is 0.577. The van der Waals surface area contributed by atoms with Gasteiger partial charge in [-0.2, -0.15) is 5.10 Å². The molecule has 0 saturated carbocycles. The number of hydrazone groups is 1. The first kappa shape index (κ1) is 9.58. The summed E-state index contributed by atoms with van der Waals surface area (Å²) in [6.45, 7) is 0. The average molecular weight is 203 g/mol. The zero-order chi connectivity index (χ0) is 10.8. The van der Waals surface area contributed by atoms with Gasteiger partial charge < -0.3 is 15.1 Å². The van der Waals surface area contributed by atoms with Crippen LogP contribution < -0.4 is 0 Å². The van der Waals surface area contributed by atoms with Crippen LogP contribution in [0.2, 0.25) is 0 Å². The fourth-order valence-electron chi connectivity index (χ4n) is 1.45. The molecule has 15 heavy (non-hydrogen) atoms. The number of nitrogens with zero attached hydrogens (tertiary/aromatic N) is 2. The van der Waals surface area contributed by atoms with Crippen LogP contribution in [0.5, 0.6) is 5.88 Å². The normalized spacial score (nSPS) is 11.3. The van der Waals surface area contributed by atoms with Crippen LogP contribution in [0.3, 0.4) is 0 Å². The highest BCUT2D eigenvalue weighted by Crippen LogP contribution is 2.24. The number of aromatic nitrogens is 1. The van der Waals surface area contributed by atoms with E-state index in [2.05, 4.69) is 10.1 Å². The molecule has 0 aliphatic carbocycles. The van der Waals surface area contributed by atoms with E-state index in [1.165, 1.54) is 0 Å². The van der Waals surface area contributed by atoms with Crippen LogP contribution >= 0.6 is 0 Å². The molecule has 2 aromatic rings. The van der Waals surface area contributed by atoms with Crippen molar-refractivity contribution in [1.29, 1.82) is 0 Å². The largest absolute Gasteiger partial charge is 0.494 e. The molecule has 1 aromatic carbocycles. The van der Waals surface area contributed by atoms with E-state index in [0.717, 1.165) is 16.5 Å². The Balaban J connectivity index is 2.54. The Labute approximate surface area is 87.8 Å². The second kappa shape index (κ2) is 3.65. The first-order chi connectivity index (χ1) is 7.18. The number of H-pyrrole nitrogens is 1. The van der Waals surface area contributed by atoms with Gasteiger partial charge in [-0.1, -0.05) is 18.2 Å². The van der Waals surface area contributed by atoms with Crippen LogP contribution in [0.4, 0.5) is 0 Å². The van der Waals surface area contributed by atoms with Crippen molar-refractivity contribution >= 4 is 17.1 Å². The summed E-state index contributed by atoms with van der Waals surface area (Å²) in [5.74, 6) is 0.154. The van der Waals surface area contributed by atoms with Gasteiger partial charge in [-0.05, 0) is 6.07 Å². The smallest absolute Gasteiger partial charge is 0.198 e. The van der Waals surface area contributed by atoms with Crippen molar-refractivity contribution in [3.8, 4) is 5.88 Å². The maximum Gasteiger partial charge on any atom is 0.198 e. The number of aromatic amines is 1. The van der Waals surface area contributed by atoms with Crippen molar-refractivity contribution in [2.75, 3.05) is 14.1 Å². The highest BCUT2D eigenvalue weighted by Gasteiger charge is 2.07. The van der Waals surface area contributed by atoms with Gasteiger partial charge in [0.05, 0.1) is 11.8 Å². The van der Waals surface area contributed by atoms with Gasteiger partial charge in [-0.15, -0.1) is 0 Å². The van der Waals surface area contributed by atoms with Crippen LogP contribution in [0, 0.1) is 0 Å². The molecule has 1 heterocycles. The predicted molar refractivity (Wildman–Crippen MR) is 61.2 cm³/mol. The number of hydrogen-bond donors (Lipinski definition) is 2. The summed E-state index contributed by atoms with van der Waals surface area (Å²) in [7, 11) is 3.67. The second-order valence-electron chi connectivity index (χ2n) is 3.52. The Morgan fingerprint density at radius 3 is 2.80 bits per heavy atom. The minimum Gasteiger partial charge on any atom is -0.494 e. The van der Waals surface area contributed by atoms with Crippen LogP contribution in [0.15, 0.2) is 29.4 Å². The fourth-order valence-corrected chi connectivity index (χ4v) is 1.45. The van der Waals surface area contributed by atoms with E-state index in [-0.39, 0.29) is 5.88 Å². The van der Waals surface area contributed by atoms with Crippen LogP contribution in [0.1, 0.15) is 5.56 Å². The SMILES string of the molecule is CN(C)/N=C/c1c(O)[nH]c2ccccc12. The molecule has 0 spiro atoms. The molecule has 0 bridgehead atoms. The highest BCUT2D eigenvalue weighted by atomic mass is 16.3. The number of benzene rings is 1.